The Morgan fingerprint density at radius 1 is 1.43 bits per heavy atom. The van der Waals surface area contributed by atoms with Crippen molar-refractivity contribution in [1.29, 1.82) is 0 Å². The number of benzene rings is 1. The van der Waals surface area contributed by atoms with Crippen LogP contribution in [0.25, 0.3) is 0 Å². The zero-order chi connectivity index (χ0) is 15.5. The Balaban J connectivity index is 2.19. The number of amides is 1. The number of nitrogens with zero attached hydrogens (tertiary/aromatic N) is 1. The van der Waals surface area contributed by atoms with Crippen molar-refractivity contribution in [3.8, 4) is 0 Å². The topological polar surface area (TPSA) is 120 Å². The molecule has 1 aromatic rings. The van der Waals surface area contributed by atoms with Crippen molar-refractivity contribution in [3.05, 3.63) is 33.9 Å². The van der Waals surface area contributed by atoms with Gasteiger partial charge in [-0.1, -0.05) is 0 Å². The number of hydrogen-bond acceptors (Lipinski definition) is 6. The number of nitrogen functional groups attached to an aromatic ring is 1. The van der Waals surface area contributed by atoms with E-state index >= 15 is 0 Å². The second-order valence-corrected chi connectivity index (χ2v) is 5.26. The summed E-state index contributed by atoms with van der Waals surface area (Å²) in [6, 6.07) is 4.13. The van der Waals surface area contributed by atoms with Crippen LogP contribution in [-0.2, 0) is 4.74 Å². The van der Waals surface area contributed by atoms with Crippen molar-refractivity contribution in [2.45, 2.75) is 25.3 Å². The fourth-order valence-electron chi connectivity index (χ4n) is 2.24. The molecule has 4 N–H and O–H groups in total. The molecule has 1 amide bonds. The molecule has 1 heterocycles. The number of nitro groups is 1. The lowest BCUT2D eigenvalue weighted by atomic mass is 9.92. The number of rotatable bonds is 4. The van der Waals surface area contributed by atoms with E-state index < -0.39 is 4.92 Å². The number of ether oxygens (including phenoxy) is 1. The minimum Gasteiger partial charge on any atom is -0.381 e. The van der Waals surface area contributed by atoms with Crippen molar-refractivity contribution in [1.82, 2.24) is 5.32 Å². The van der Waals surface area contributed by atoms with Crippen molar-refractivity contribution < 1.29 is 14.5 Å². The summed E-state index contributed by atoms with van der Waals surface area (Å²) in [5, 5.41) is 13.9. The molecule has 0 aliphatic carbocycles. The van der Waals surface area contributed by atoms with Gasteiger partial charge in [0.2, 0.25) is 0 Å². The highest BCUT2D eigenvalue weighted by Crippen LogP contribution is 2.26. The highest BCUT2D eigenvalue weighted by molar-refractivity contribution is 5.96. The molecule has 0 bridgehead atoms. The molecule has 0 spiro atoms. The molecule has 0 aromatic heterocycles. The number of nitrogens with two attached hydrogens (primary N) is 1. The predicted molar refractivity (Wildman–Crippen MR) is 76.8 cm³/mol. The van der Waals surface area contributed by atoms with Crippen LogP contribution in [0.5, 0.6) is 0 Å². The molecule has 0 saturated carbocycles. The van der Waals surface area contributed by atoms with Gasteiger partial charge < -0.3 is 15.5 Å². The molecule has 1 fully saturated rings. The van der Waals surface area contributed by atoms with Crippen molar-refractivity contribution >= 4 is 17.3 Å². The van der Waals surface area contributed by atoms with Crippen LogP contribution >= 0.6 is 0 Å². The summed E-state index contributed by atoms with van der Waals surface area (Å²) in [4.78, 5) is 22.7. The van der Waals surface area contributed by atoms with Gasteiger partial charge in [-0.2, -0.15) is 0 Å². The Labute approximate surface area is 121 Å². The second-order valence-electron chi connectivity index (χ2n) is 5.26. The lowest BCUT2D eigenvalue weighted by Crippen LogP contribution is -2.49. The third kappa shape index (κ3) is 3.47. The summed E-state index contributed by atoms with van der Waals surface area (Å²) >= 11 is 0. The van der Waals surface area contributed by atoms with Gasteiger partial charge in [-0.3, -0.25) is 20.8 Å². The molecule has 8 heteroatoms. The minimum absolute atomic E-state index is 0.161. The van der Waals surface area contributed by atoms with Gasteiger partial charge in [0.05, 0.1) is 4.92 Å². The zero-order valence-corrected chi connectivity index (χ0v) is 11.7. The maximum atomic E-state index is 12.3. The average molecular weight is 294 g/mol. The first-order chi connectivity index (χ1) is 9.95. The standard InChI is InChI=1S/C13H18N4O4/c1-13(4-6-21-7-5-13)15-12(18)9-2-3-10(16-14)11(8-9)17(19)20/h2-3,8,16H,4-7,14H2,1H3,(H,15,18). The SMILES string of the molecule is CC1(NC(=O)c2ccc(NN)c([N+](=O)[O-])c2)CCOCC1. The molecule has 0 unspecified atom stereocenters. The summed E-state index contributed by atoms with van der Waals surface area (Å²) in [6.45, 7) is 3.12. The lowest BCUT2D eigenvalue weighted by Gasteiger charge is -2.34. The summed E-state index contributed by atoms with van der Waals surface area (Å²) in [7, 11) is 0. The highest BCUT2D eigenvalue weighted by Gasteiger charge is 2.29. The molecule has 1 aliphatic heterocycles. The molecule has 0 radical (unpaired) electrons. The molecule has 1 aliphatic rings. The van der Waals surface area contributed by atoms with E-state index in [1.54, 1.807) is 0 Å². The lowest BCUT2D eigenvalue weighted by molar-refractivity contribution is -0.384. The van der Waals surface area contributed by atoms with E-state index in [2.05, 4.69) is 10.7 Å². The zero-order valence-electron chi connectivity index (χ0n) is 11.7. The van der Waals surface area contributed by atoms with Crippen LogP contribution in [-0.4, -0.2) is 29.6 Å². The van der Waals surface area contributed by atoms with E-state index in [1.807, 2.05) is 6.92 Å². The van der Waals surface area contributed by atoms with Crippen LogP contribution in [0.15, 0.2) is 18.2 Å². The van der Waals surface area contributed by atoms with E-state index in [9.17, 15) is 14.9 Å². The smallest absolute Gasteiger partial charge is 0.294 e. The number of carbonyl (C=O) groups excluding carboxylic acids is 1. The van der Waals surface area contributed by atoms with E-state index in [1.165, 1.54) is 18.2 Å². The number of nitrogens with one attached hydrogen (secondary N) is 2. The van der Waals surface area contributed by atoms with Crippen LogP contribution in [0.3, 0.4) is 0 Å². The normalized spacial score (nSPS) is 17.0. The van der Waals surface area contributed by atoms with Crippen LogP contribution in [0, 0.1) is 10.1 Å². The molecule has 21 heavy (non-hydrogen) atoms. The monoisotopic (exact) mass is 294 g/mol. The Hall–Kier alpha value is -2.19. The third-order valence-electron chi connectivity index (χ3n) is 3.62. The fraction of sp³-hybridized carbons (Fsp3) is 0.462. The van der Waals surface area contributed by atoms with Gasteiger partial charge in [0.1, 0.15) is 5.69 Å². The maximum absolute atomic E-state index is 12.3. The maximum Gasteiger partial charge on any atom is 0.294 e. The van der Waals surface area contributed by atoms with E-state index in [0.29, 0.717) is 26.1 Å². The number of hydrazine groups is 1. The molecule has 114 valence electrons. The first-order valence-electron chi connectivity index (χ1n) is 6.60. The largest absolute Gasteiger partial charge is 0.381 e. The Morgan fingerprint density at radius 3 is 2.67 bits per heavy atom. The second kappa shape index (κ2) is 6.06. The molecule has 2 rings (SSSR count). The Bertz CT molecular complexity index is 555. The van der Waals surface area contributed by atoms with E-state index in [4.69, 9.17) is 10.6 Å². The Kier molecular flexibility index (Phi) is 4.39. The number of anilines is 1. The highest BCUT2D eigenvalue weighted by atomic mass is 16.6. The van der Waals surface area contributed by atoms with Crippen molar-refractivity contribution in [2.24, 2.45) is 5.84 Å². The molecular weight excluding hydrogens is 276 g/mol. The van der Waals surface area contributed by atoms with Gasteiger partial charge in [-0.15, -0.1) is 0 Å². The van der Waals surface area contributed by atoms with Gasteiger partial charge in [0.25, 0.3) is 11.6 Å². The number of hydrogen-bond donors (Lipinski definition) is 3. The first kappa shape index (κ1) is 15.2. The molecule has 8 nitrogen and oxygen atoms in total. The minimum atomic E-state index is -0.581. The van der Waals surface area contributed by atoms with Crippen LogP contribution in [0.1, 0.15) is 30.1 Å². The van der Waals surface area contributed by atoms with Gasteiger partial charge in [-0.25, -0.2) is 0 Å². The summed E-state index contributed by atoms with van der Waals surface area (Å²) in [5.41, 5.74) is 2.05. The summed E-state index contributed by atoms with van der Waals surface area (Å²) in [6.07, 6.45) is 1.42. The average Bonchev–Trinajstić information content (AvgIpc) is 2.46. The van der Waals surface area contributed by atoms with Gasteiger partial charge >= 0.3 is 0 Å². The summed E-state index contributed by atoms with van der Waals surface area (Å²) < 4.78 is 5.27. The number of nitro benzene ring substituents is 1. The van der Waals surface area contributed by atoms with E-state index in [-0.39, 0.29) is 28.4 Å². The molecule has 1 saturated heterocycles. The summed E-state index contributed by atoms with van der Waals surface area (Å²) in [5.74, 6) is 4.87. The predicted octanol–water partition coefficient (Wildman–Crippen LogP) is 1.18. The van der Waals surface area contributed by atoms with Crippen LogP contribution in [0.2, 0.25) is 0 Å². The molecule has 1 aromatic carbocycles. The van der Waals surface area contributed by atoms with Crippen LogP contribution < -0.4 is 16.6 Å². The van der Waals surface area contributed by atoms with Crippen LogP contribution in [0.4, 0.5) is 11.4 Å². The quantitative estimate of drug-likeness (QED) is 0.436. The van der Waals surface area contributed by atoms with Gasteiger partial charge in [0.15, 0.2) is 0 Å². The number of carbonyl (C=O) groups is 1. The van der Waals surface area contributed by atoms with E-state index in [0.717, 1.165) is 0 Å². The Morgan fingerprint density at radius 2 is 2.10 bits per heavy atom. The van der Waals surface area contributed by atoms with Gasteiger partial charge in [0, 0.05) is 30.4 Å². The van der Waals surface area contributed by atoms with Crippen molar-refractivity contribution in [3.63, 3.8) is 0 Å². The first-order valence-corrected chi connectivity index (χ1v) is 6.60. The van der Waals surface area contributed by atoms with Gasteiger partial charge in [-0.05, 0) is 31.9 Å². The molecule has 0 atom stereocenters. The fourth-order valence-corrected chi connectivity index (χ4v) is 2.24. The van der Waals surface area contributed by atoms with Crippen molar-refractivity contribution in [2.75, 3.05) is 18.6 Å². The molecular formula is C13H18N4O4. The third-order valence-corrected chi connectivity index (χ3v) is 3.62.